The van der Waals surface area contributed by atoms with Crippen LogP contribution >= 0.6 is 45.6 Å². The molecule has 0 bridgehead atoms. The third-order valence-electron chi connectivity index (χ3n) is 14.7. The Balaban J connectivity index is 0.000000358. The van der Waals surface area contributed by atoms with E-state index in [1.807, 2.05) is 49.7 Å². The molecule has 6 aromatic carbocycles. The maximum atomic E-state index is 12.8. The largest absolute Gasteiger partial charge is 1.00 e. The predicted octanol–water partition coefficient (Wildman–Crippen LogP) is 16.1. The number of carboxylic acid groups (broad SMARTS) is 1. The van der Waals surface area contributed by atoms with Crippen molar-refractivity contribution in [2.45, 2.75) is 144 Å². The van der Waals surface area contributed by atoms with Crippen LogP contribution in [0, 0.1) is 0 Å². The summed E-state index contributed by atoms with van der Waals surface area (Å²) in [6.45, 7) is 20.4. The first-order valence-electron chi connectivity index (χ1n) is 30.4. The normalized spacial score (nSPS) is 13.0. The first-order chi connectivity index (χ1) is 46.4. The maximum Gasteiger partial charge on any atom is 1.00 e. The zero-order chi connectivity index (χ0) is 72.7. The summed E-state index contributed by atoms with van der Waals surface area (Å²) in [5, 5.41) is 19.7. The van der Waals surface area contributed by atoms with Crippen LogP contribution in [0.2, 0.25) is 4.47 Å². The van der Waals surface area contributed by atoms with Gasteiger partial charge in [-0.1, -0.05) is 81.1 Å². The quantitative estimate of drug-likeness (QED) is 0.0960. The summed E-state index contributed by atoms with van der Waals surface area (Å²) < 4.78 is 131. The van der Waals surface area contributed by atoms with Crippen LogP contribution in [0.15, 0.2) is 144 Å². The van der Waals surface area contributed by atoms with Crippen LogP contribution in [0.3, 0.4) is 0 Å². The van der Waals surface area contributed by atoms with E-state index in [0.717, 1.165) is 121 Å². The summed E-state index contributed by atoms with van der Waals surface area (Å²) in [6, 6.07) is 33.2. The fourth-order valence-electron chi connectivity index (χ4n) is 10.0. The molecule has 3 aromatic heterocycles. The fraction of sp³-hybridized carbons (Fsp3) is 0.342. The van der Waals surface area contributed by atoms with Crippen molar-refractivity contribution >= 4 is 74.1 Å². The minimum Gasteiger partial charge on any atom is -0.870 e. The molecule has 3 aliphatic heterocycles. The van der Waals surface area contributed by atoms with E-state index in [9.17, 15) is 49.4 Å². The molecule has 16 nitrogen and oxygen atoms in total. The van der Waals surface area contributed by atoms with Gasteiger partial charge in [0.1, 0.15) is 28.5 Å². The van der Waals surface area contributed by atoms with E-state index in [-0.39, 0.29) is 62.7 Å². The first kappa shape index (κ1) is 88.8. The number of halogens is 10. The van der Waals surface area contributed by atoms with Crippen LogP contribution in [0.5, 0.6) is 17.2 Å². The van der Waals surface area contributed by atoms with E-state index in [1.165, 1.54) is 107 Å². The molecule has 0 atom stereocenters. The molecule has 9 aromatic rings. The van der Waals surface area contributed by atoms with Gasteiger partial charge < -0.3 is 39.9 Å². The molecule has 103 heavy (non-hydrogen) atoms. The van der Waals surface area contributed by atoms with Gasteiger partial charge in [0.25, 0.3) is 0 Å². The average Bonchev–Trinajstić information content (AvgIpc) is 1.77. The molecule has 0 saturated carbocycles. The first-order valence-corrected chi connectivity index (χ1v) is 33.4. The number of nitrogens with one attached hydrogen (secondary N) is 1. The number of carboxylic acids is 1. The summed E-state index contributed by atoms with van der Waals surface area (Å²) in [5.41, 5.74) is 7.78. The summed E-state index contributed by atoms with van der Waals surface area (Å²) in [4.78, 5) is 61.4. The zero-order valence-corrected chi connectivity index (χ0v) is 59.3. The Morgan fingerprint density at radius 1 is 0.485 bits per heavy atom. The number of hydrogen-bond acceptors (Lipinski definition) is 18. The van der Waals surface area contributed by atoms with Gasteiger partial charge in [-0.3, -0.25) is 0 Å². The number of nitrogens with zero attached hydrogens (tertiary/aromatic N) is 5. The molecular weight excluding hydrogens is 1430 g/mol. The fourth-order valence-corrected chi connectivity index (χ4v) is 12.5. The monoisotopic (exact) mass is 1510 g/mol. The molecule has 0 spiro atoms. The molecule has 0 unspecified atom stereocenters. The van der Waals surface area contributed by atoms with Crippen LogP contribution < -0.4 is 48.2 Å². The zero-order valence-electron chi connectivity index (χ0n) is 56.1. The van der Waals surface area contributed by atoms with Crippen LogP contribution in [0.25, 0.3) is 33.8 Å². The number of thiazole rings is 3. The minimum absolute atomic E-state index is 0. The van der Waals surface area contributed by atoms with Gasteiger partial charge in [0.15, 0.2) is 20.3 Å². The van der Waals surface area contributed by atoms with Gasteiger partial charge in [-0.2, -0.15) is 58.7 Å². The molecule has 3 aliphatic rings. The SMILES string of the molecule is C.C.CC(C)(C)Oc1ccc2c(c1)CCN(c1nc(-c3ccc(C(F)(F)F)cc3)cs1)C2.CC(C)(C)Oc1ccc2c(c1)CCNC2.CC(C)(Oc1ccc2c(c1)CCN(c1nc(-c3ccc(C(F)(F)F)cc3)cs1)C2)C(=O)O.FC(F)(F)c1ccc(-c2csc(Cl)n2)cc1.O=C=O.O=C=O.[Li+].[OH-]. The van der Waals surface area contributed by atoms with Crippen molar-refractivity contribution in [2.24, 2.45) is 0 Å². The van der Waals surface area contributed by atoms with Gasteiger partial charge in [0.2, 0.25) is 0 Å². The van der Waals surface area contributed by atoms with Gasteiger partial charge in [-0.25, -0.2) is 19.7 Å². The van der Waals surface area contributed by atoms with E-state index in [0.29, 0.717) is 50.5 Å². The number of hydrogen-bond donors (Lipinski definition) is 2. The molecule has 0 amide bonds. The Morgan fingerprint density at radius 3 is 1.13 bits per heavy atom. The van der Waals surface area contributed by atoms with Crippen molar-refractivity contribution in [1.82, 2.24) is 20.3 Å². The number of rotatable bonds is 10. The van der Waals surface area contributed by atoms with Crippen LogP contribution in [0.1, 0.15) is 120 Å². The van der Waals surface area contributed by atoms with Crippen molar-refractivity contribution in [3.8, 4) is 51.0 Å². The smallest absolute Gasteiger partial charge is 0.870 e. The molecular formula is C73H77ClF9LiN6O10S3. The molecule has 6 heterocycles. The van der Waals surface area contributed by atoms with E-state index in [4.69, 9.17) is 45.0 Å². The predicted molar refractivity (Wildman–Crippen MR) is 375 cm³/mol. The molecule has 548 valence electrons. The van der Waals surface area contributed by atoms with Gasteiger partial charge in [-0.05, 0) is 187 Å². The van der Waals surface area contributed by atoms with Crippen molar-refractivity contribution in [3.63, 3.8) is 0 Å². The Morgan fingerprint density at radius 2 is 0.806 bits per heavy atom. The summed E-state index contributed by atoms with van der Waals surface area (Å²) in [7, 11) is 0. The average molecular weight is 1510 g/mol. The third-order valence-corrected chi connectivity index (χ3v) is 17.5. The molecule has 3 N–H and O–H groups in total. The summed E-state index contributed by atoms with van der Waals surface area (Å²) in [5.74, 6) is 1.36. The number of ether oxygens (including phenoxy) is 3. The van der Waals surface area contributed by atoms with Crippen molar-refractivity contribution in [2.75, 3.05) is 29.4 Å². The van der Waals surface area contributed by atoms with Crippen molar-refractivity contribution in [3.05, 3.63) is 198 Å². The van der Waals surface area contributed by atoms with E-state index >= 15 is 0 Å². The number of alkyl halides is 9. The van der Waals surface area contributed by atoms with Crippen LogP contribution in [0.4, 0.5) is 49.8 Å². The minimum atomic E-state index is -4.36. The number of carbonyl (C=O) groups is 1. The maximum absolute atomic E-state index is 12.8. The molecule has 12 rings (SSSR count). The van der Waals surface area contributed by atoms with E-state index in [1.54, 1.807) is 11.4 Å². The number of aliphatic carboxylic acids is 1. The second-order valence-corrected chi connectivity index (χ2v) is 27.9. The molecule has 0 fully saturated rings. The van der Waals surface area contributed by atoms with E-state index in [2.05, 4.69) is 81.2 Å². The van der Waals surface area contributed by atoms with Crippen LogP contribution in [-0.4, -0.2) is 80.2 Å². The number of carbonyl (C=O) groups excluding carboxylic acids is 4. The third kappa shape index (κ3) is 26.7. The van der Waals surface area contributed by atoms with Gasteiger partial charge in [0.05, 0.1) is 33.8 Å². The molecule has 0 aliphatic carbocycles. The Kier molecular flexibility index (Phi) is 33.1. The number of fused-ring (bicyclic) bond motifs is 3. The number of aromatic nitrogens is 3. The molecule has 0 radical (unpaired) electrons. The van der Waals surface area contributed by atoms with Crippen molar-refractivity contribution < 1.29 is 107 Å². The Bertz CT molecular complexity index is 4230. The van der Waals surface area contributed by atoms with Gasteiger partial charge >= 0.3 is 55.7 Å². The van der Waals surface area contributed by atoms with Crippen LogP contribution in [-0.2, 0) is 81.4 Å². The topological polar surface area (TPSA) is 220 Å². The standard InChI is InChI=1S/C23H21F3N2O3S.C23H23F3N2OS.C13H19NO.C10H5ClF3NS.2CO2.2CH4.Li.H2O/c1-22(2,20(29)30)31-18-8-5-16-12-28(10-9-15(16)11-18)21-27-19(13-32-21)14-3-6-17(7-4-14)23(24,25)26;1-22(2,3)29-19-9-6-17-13-28(11-10-16(17)12-19)21-27-20(14-30-21)15-4-7-18(8-5-15)23(24,25)26;1-13(2,3)15-12-5-4-11-9-14-7-6-10(11)8-12;11-9-15-8(5-16-9)6-1-3-7(4-2-6)10(12,13)14;2*2-1-3;;;;/h3-8,11,13H,9-10,12H2,1-2H3,(H,29,30);4-9,12,14H,10-11,13H2,1-3H3;4-5,8,14H,6-7,9H2,1-3H3;1-5H;;;2*1H4;;1H2/q;;;;;;;;+1;/p-1. The van der Waals surface area contributed by atoms with Gasteiger partial charge in [-0.15, -0.1) is 34.0 Å². The summed E-state index contributed by atoms with van der Waals surface area (Å²) in [6.07, 6.45) is -9.75. The van der Waals surface area contributed by atoms with E-state index < -0.39 is 46.8 Å². The second-order valence-electron chi connectivity index (χ2n) is 24.8. The van der Waals surface area contributed by atoms with Gasteiger partial charge in [0, 0.05) is 65.6 Å². The molecule has 0 saturated heterocycles. The Hall–Kier alpha value is -8.38. The number of benzene rings is 6. The molecule has 30 heteroatoms. The van der Waals surface area contributed by atoms with Crippen molar-refractivity contribution in [1.29, 1.82) is 0 Å². The summed E-state index contributed by atoms with van der Waals surface area (Å²) >= 11 is 9.85. The second kappa shape index (κ2) is 38.4. The number of anilines is 2. The Labute approximate surface area is 620 Å².